The zero-order valence-electron chi connectivity index (χ0n) is 17.5. The van der Waals surface area contributed by atoms with Gasteiger partial charge in [-0.25, -0.2) is 13.9 Å². The summed E-state index contributed by atoms with van der Waals surface area (Å²) < 4.78 is 23.5. The minimum absolute atomic E-state index is 0.0133. The molecule has 0 spiro atoms. The van der Waals surface area contributed by atoms with Crippen molar-refractivity contribution in [2.24, 2.45) is 0 Å². The summed E-state index contributed by atoms with van der Waals surface area (Å²) in [6.07, 6.45) is 2.79. The molecule has 0 aliphatic rings. The van der Waals surface area contributed by atoms with E-state index >= 15 is 0 Å². The van der Waals surface area contributed by atoms with Crippen molar-refractivity contribution in [3.63, 3.8) is 0 Å². The smallest absolute Gasteiger partial charge is 0.264 e. The second-order valence-corrected chi connectivity index (χ2v) is 10.8. The van der Waals surface area contributed by atoms with Crippen LogP contribution in [0.25, 0.3) is 11.1 Å². The Labute approximate surface area is 176 Å². The van der Waals surface area contributed by atoms with Crippen LogP contribution in [-0.2, 0) is 27.6 Å². The van der Waals surface area contributed by atoms with Crippen molar-refractivity contribution in [1.29, 1.82) is 0 Å². The predicted molar refractivity (Wildman–Crippen MR) is 114 cm³/mol. The fourth-order valence-electron chi connectivity index (χ4n) is 3.11. The quantitative estimate of drug-likeness (QED) is 0.426. The number of nitrogens with zero attached hydrogens (tertiary/aromatic N) is 1. The van der Waals surface area contributed by atoms with Crippen molar-refractivity contribution in [3.05, 3.63) is 58.5 Å². The molecule has 2 rings (SSSR count). The minimum Gasteiger partial charge on any atom is -0.390 e. The van der Waals surface area contributed by atoms with Gasteiger partial charge in [-0.15, -0.1) is 0 Å². The Hall–Kier alpha value is -2.49. The van der Waals surface area contributed by atoms with Crippen molar-refractivity contribution in [2.45, 2.75) is 50.5 Å². The number of carbonyl (C=O) groups is 1. The number of aryl methyl sites for hydroxylation is 1. The average Bonchev–Trinajstić information content (AvgIpc) is 2.64. The molecule has 1 amide bonds. The number of hydrogen-bond acceptors (Lipinski definition) is 6. The van der Waals surface area contributed by atoms with Gasteiger partial charge in [0.05, 0.1) is 5.60 Å². The average molecular weight is 437 g/mol. The Morgan fingerprint density at radius 1 is 1.10 bits per heavy atom. The molecule has 9 heteroatoms. The molecule has 164 valence electrons. The maximum absolute atomic E-state index is 12.5. The van der Waals surface area contributed by atoms with Crippen molar-refractivity contribution < 1.29 is 23.5 Å². The Kier molecular flexibility index (Phi) is 6.90. The van der Waals surface area contributed by atoms with E-state index in [2.05, 4.69) is 0 Å². The van der Waals surface area contributed by atoms with E-state index < -0.39 is 26.1 Å². The summed E-state index contributed by atoms with van der Waals surface area (Å²) in [6.45, 7) is 4.67. The number of carbonyl (C=O) groups excluding carboxylic acids is 1. The second-order valence-electron chi connectivity index (χ2n) is 8.33. The standard InChI is InChI=1S/C21H28N2O6S/c1-20(2,26)14-15-5-7-16(8-6-15)17-9-11-23(18(24)13-17)12-10-21(3,19(25)22-27)30(4,28)29/h5-9,11,13,26-27H,10,12,14H2,1-4H3,(H,22,25). The summed E-state index contributed by atoms with van der Waals surface area (Å²) in [4.78, 5) is 24.4. The van der Waals surface area contributed by atoms with Crippen LogP contribution in [0.5, 0.6) is 0 Å². The first-order chi connectivity index (χ1) is 13.8. The highest BCUT2D eigenvalue weighted by atomic mass is 32.2. The second kappa shape index (κ2) is 8.71. The number of pyridine rings is 1. The van der Waals surface area contributed by atoms with Gasteiger partial charge in [-0.05, 0) is 49.9 Å². The van der Waals surface area contributed by atoms with E-state index in [4.69, 9.17) is 5.21 Å². The molecule has 1 aromatic carbocycles. The van der Waals surface area contributed by atoms with Crippen molar-refractivity contribution in [2.75, 3.05) is 6.26 Å². The van der Waals surface area contributed by atoms with E-state index in [9.17, 15) is 23.1 Å². The predicted octanol–water partition coefficient (Wildman–Crippen LogP) is 1.53. The molecule has 0 saturated heterocycles. The summed E-state index contributed by atoms with van der Waals surface area (Å²) in [5.74, 6) is -1.04. The highest BCUT2D eigenvalue weighted by Crippen LogP contribution is 2.23. The zero-order chi connectivity index (χ0) is 22.7. The van der Waals surface area contributed by atoms with Crippen LogP contribution in [0.1, 0.15) is 32.8 Å². The first-order valence-electron chi connectivity index (χ1n) is 9.43. The molecule has 0 saturated carbocycles. The summed E-state index contributed by atoms with van der Waals surface area (Å²) in [7, 11) is -3.83. The molecular weight excluding hydrogens is 408 g/mol. The van der Waals surface area contributed by atoms with E-state index in [1.54, 1.807) is 26.1 Å². The van der Waals surface area contributed by atoms with Gasteiger partial charge in [0.25, 0.3) is 11.5 Å². The molecule has 0 radical (unpaired) electrons. The number of hydrogen-bond donors (Lipinski definition) is 3. The number of aliphatic hydroxyl groups is 1. The van der Waals surface area contributed by atoms with Crippen LogP contribution in [0.4, 0.5) is 0 Å². The van der Waals surface area contributed by atoms with Gasteiger partial charge in [0.1, 0.15) is 0 Å². The zero-order valence-corrected chi connectivity index (χ0v) is 18.4. The number of benzene rings is 1. The molecule has 1 aromatic heterocycles. The first-order valence-corrected chi connectivity index (χ1v) is 11.3. The molecule has 1 heterocycles. The van der Waals surface area contributed by atoms with E-state index in [-0.39, 0.29) is 18.5 Å². The maximum Gasteiger partial charge on any atom is 0.264 e. The highest BCUT2D eigenvalue weighted by molar-refractivity contribution is 7.92. The topological polar surface area (TPSA) is 126 Å². The lowest BCUT2D eigenvalue weighted by atomic mass is 9.97. The third-order valence-electron chi connectivity index (χ3n) is 5.15. The Balaban J connectivity index is 2.21. The van der Waals surface area contributed by atoms with Gasteiger partial charge in [0.2, 0.25) is 0 Å². The van der Waals surface area contributed by atoms with E-state index in [0.717, 1.165) is 17.4 Å². The van der Waals surface area contributed by atoms with Crippen LogP contribution in [0.15, 0.2) is 47.4 Å². The summed E-state index contributed by atoms with van der Waals surface area (Å²) >= 11 is 0. The van der Waals surface area contributed by atoms with Gasteiger partial charge in [0, 0.05) is 31.5 Å². The monoisotopic (exact) mass is 436 g/mol. The molecule has 8 nitrogen and oxygen atoms in total. The molecule has 0 bridgehead atoms. The van der Waals surface area contributed by atoms with Gasteiger partial charge < -0.3 is 9.67 Å². The van der Waals surface area contributed by atoms with E-state index in [1.165, 1.54) is 23.0 Å². The third-order valence-corrected chi connectivity index (χ3v) is 7.18. The molecule has 3 N–H and O–H groups in total. The van der Waals surface area contributed by atoms with Gasteiger partial charge in [-0.1, -0.05) is 24.3 Å². The summed E-state index contributed by atoms with van der Waals surface area (Å²) in [5, 5.41) is 18.8. The third kappa shape index (κ3) is 5.56. The Bertz CT molecular complexity index is 1070. The fourth-order valence-corrected chi connectivity index (χ4v) is 3.95. The first kappa shape index (κ1) is 23.8. The fraction of sp³-hybridized carbons (Fsp3) is 0.429. The van der Waals surface area contributed by atoms with Gasteiger partial charge in [-0.2, -0.15) is 0 Å². The number of amides is 1. The minimum atomic E-state index is -3.83. The lowest BCUT2D eigenvalue weighted by Gasteiger charge is -2.25. The number of nitrogens with one attached hydrogen (secondary N) is 1. The van der Waals surface area contributed by atoms with E-state index in [0.29, 0.717) is 12.0 Å². The van der Waals surface area contributed by atoms with Crippen LogP contribution in [0, 0.1) is 0 Å². The van der Waals surface area contributed by atoms with Crippen LogP contribution < -0.4 is 11.0 Å². The van der Waals surface area contributed by atoms with Crippen LogP contribution in [0.3, 0.4) is 0 Å². The Morgan fingerprint density at radius 2 is 1.70 bits per heavy atom. The number of aromatic nitrogens is 1. The number of rotatable bonds is 8. The van der Waals surface area contributed by atoms with Crippen LogP contribution >= 0.6 is 0 Å². The molecule has 2 aromatic rings. The van der Waals surface area contributed by atoms with Crippen LogP contribution in [0.2, 0.25) is 0 Å². The van der Waals surface area contributed by atoms with Gasteiger partial charge in [0.15, 0.2) is 14.6 Å². The number of hydroxylamine groups is 1. The van der Waals surface area contributed by atoms with Gasteiger partial charge in [-0.3, -0.25) is 14.8 Å². The highest BCUT2D eigenvalue weighted by Gasteiger charge is 2.43. The largest absolute Gasteiger partial charge is 0.390 e. The molecular formula is C21H28N2O6S. The lowest BCUT2D eigenvalue weighted by molar-refractivity contribution is -0.131. The van der Waals surface area contributed by atoms with Crippen molar-refractivity contribution in [3.8, 4) is 11.1 Å². The Morgan fingerprint density at radius 3 is 2.17 bits per heavy atom. The summed E-state index contributed by atoms with van der Waals surface area (Å²) in [6, 6.07) is 10.7. The van der Waals surface area contributed by atoms with Crippen LogP contribution in [-0.4, -0.2) is 45.8 Å². The molecule has 0 fully saturated rings. The number of sulfone groups is 1. The van der Waals surface area contributed by atoms with E-state index in [1.807, 2.05) is 24.3 Å². The summed E-state index contributed by atoms with van der Waals surface area (Å²) in [5.41, 5.74) is 2.75. The molecule has 0 aliphatic heterocycles. The maximum atomic E-state index is 12.5. The molecule has 1 unspecified atom stereocenters. The van der Waals surface area contributed by atoms with Gasteiger partial charge >= 0.3 is 0 Å². The normalized spacial score (nSPS) is 14.2. The van der Waals surface area contributed by atoms with Crippen molar-refractivity contribution in [1.82, 2.24) is 10.0 Å². The molecule has 0 aliphatic carbocycles. The molecule has 30 heavy (non-hydrogen) atoms. The van der Waals surface area contributed by atoms with Crippen molar-refractivity contribution >= 4 is 15.7 Å². The SMILES string of the molecule is CC(C)(O)Cc1ccc(-c2ccn(CCC(C)(C(=O)NO)S(C)(=O)=O)c(=O)c2)cc1. The molecule has 1 atom stereocenters. The lowest BCUT2D eigenvalue weighted by Crippen LogP contribution is -2.49.